The van der Waals surface area contributed by atoms with Crippen LogP contribution in [0, 0.1) is 0 Å². The van der Waals surface area contributed by atoms with Crippen LogP contribution in [0.25, 0.3) is 0 Å². The summed E-state index contributed by atoms with van der Waals surface area (Å²) in [6.07, 6.45) is -5.14. The van der Waals surface area contributed by atoms with Gasteiger partial charge in [0.2, 0.25) is 12.7 Å². The van der Waals surface area contributed by atoms with Gasteiger partial charge in [-0.25, -0.2) is 4.79 Å². The molecule has 0 radical (unpaired) electrons. The maximum absolute atomic E-state index is 12.7. The van der Waals surface area contributed by atoms with Gasteiger partial charge >= 0.3 is 12.3 Å². The highest BCUT2D eigenvalue weighted by Gasteiger charge is 2.38. The highest BCUT2D eigenvalue weighted by molar-refractivity contribution is 5.87. The predicted molar refractivity (Wildman–Crippen MR) is 96.5 cm³/mol. The lowest BCUT2D eigenvalue weighted by Gasteiger charge is -2.21. The van der Waals surface area contributed by atoms with E-state index in [0.717, 1.165) is 17.7 Å². The first-order chi connectivity index (χ1) is 14.3. The molecule has 4 rings (SSSR count). The molecule has 0 bridgehead atoms. The first-order valence-corrected chi connectivity index (χ1v) is 9.07. The van der Waals surface area contributed by atoms with E-state index < -0.39 is 29.8 Å². The number of hydrogen-bond acceptors (Lipinski definition) is 5. The Bertz CT molecular complexity index is 962. The summed E-state index contributed by atoms with van der Waals surface area (Å²) >= 11 is 0. The van der Waals surface area contributed by atoms with Crippen LogP contribution in [0.2, 0.25) is 0 Å². The van der Waals surface area contributed by atoms with Crippen molar-refractivity contribution in [3.05, 3.63) is 59.2 Å². The Hall–Kier alpha value is -3.43. The van der Waals surface area contributed by atoms with Crippen LogP contribution in [0.15, 0.2) is 42.5 Å². The number of fused-ring (bicyclic) bond motifs is 1. The van der Waals surface area contributed by atoms with Gasteiger partial charge in [0.1, 0.15) is 12.6 Å². The molecule has 1 N–H and O–H groups in total. The molecule has 2 aromatic carbocycles. The maximum Gasteiger partial charge on any atom is 0.416 e. The molecular formula is C20H17F3N2O5. The van der Waals surface area contributed by atoms with Crippen molar-refractivity contribution in [3.63, 3.8) is 0 Å². The van der Waals surface area contributed by atoms with Gasteiger partial charge in [-0.05, 0) is 35.4 Å². The standard InChI is InChI=1S/C20H17F3N2O5/c21-20(22,23)14-4-1-12(2-5-14)9-25-15(10-28-19(25)27)18(26)24-8-13-3-6-16-17(7-13)30-11-29-16/h1-7,15H,8-11H2,(H,24,26)/t15-/m0/s1. The van der Waals surface area contributed by atoms with Crippen LogP contribution in [-0.4, -0.2) is 36.3 Å². The molecule has 0 unspecified atom stereocenters. The summed E-state index contributed by atoms with van der Waals surface area (Å²) in [7, 11) is 0. The van der Waals surface area contributed by atoms with Gasteiger partial charge in [0, 0.05) is 6.54 Å². The predicted octanol–water partition coefficient (Wildman–Crippen LogP) is 3.07. The fourth-order valence-corrected chi connectivity index (χ4v) is 3.20. The average molecular weight is 422 g/mol. The lowest BCUT2D eigenvalue weighted by Crippen LogP contribution is -2.45. The Morgan fingerprint density at radius 2 is 1.73 bits per heavy atom. The number of carbonyl (C=O) groups is 2. The van der Waals surface area contributed by atoms with Crippen molar-refractivity contribution < 1.29 is 37.0 Å². The van der Waals surface area contributed by atoms with Gasteiger partial charge < -0.3 is 19.5 Å². The Kier molecular flexibility index (Phi) is 5.15. The van der Waals surface area contributed by atoms with E-state index in [0.29, 0.717) is 17.1 Å². The first kappa shape index (κ1) is 19.9. The molecule has 1 saturated heterocycles. The van der Waals surface area contributed by atoms with Crippen molar-refractivity contribution in [2.75, 3.05) is 13.4 Å². The van der Waals surface area contributed by atoms with Crippen LogP contribution in [0.4, 0.5) is 18.0 Å². The van der Waals surface area contributed by atoms with Crippen molar-refractivity contribution in [3.8, 4) is 11.5 Å². The largest absolute Gasteiger partial charge is 0.454 e. The second kappa shape index (κ2) is 7.77. The van der Waals surface area contributed by atoms with Crippen molar-refractivity contribution in [2.24, 2.45) is 0 Å². The number of amides is 2. The number of nitrogens with zero attached hydrogens (tertiary/aromatic N) is 1. The Balaban J connectivity index is 1.39. The Morgan fingerprint density at radius 1 is 1.03 bits per heavy atom. The molecule has 0 aliphatic carbocycles. The number of ether oxygens (including phenoxy) is 3. The van der Waals surface area contributed by atoms with Gasteiger partial charge in [-0.1, -0.05) is 18.2 Å². The van der Waals surface area contributed by atoms with Gasteiger partial charge in [0.15, 0.2) is 11.5 Å². The minimum atomic E-state index is -4.44. The van der Waals surface area contributed by atoms with Gasteiger partial charge in [0.05, 0.1) is 12.1 Å². The summed E-state index contributed by atoms with van der Waals surface area (Å²) in [4.78, 5) is 25.8. The SMILES string of the molecule is O=C(NCc1ccc2c(c1)OCO2)[C@@H]1COC(=O)N1Cc1ccc(C(F)(F)F)cc1. The number of rotatable bonds is 5. The van der Waals surface area contributed by atoms with E-state index in [4.69, 9.17) is 14.2 Å². The average Bonchev–Trinajstić information content (AvgIpc) is 3.32. The van der Waals surface area contributed by atoms with E-state index >= 15 is 0 Å². The van der Waals surface area contributed by atoms with Gasteiger partial charge in [-0.3, -0.25) is 9.69 Å². The third-order valence-corrected chi connectivity index (χ3v) is 4.82. The molecule has 0 spiro atoms. The molecule has 158 valence electrons. The number of hydrogen-bond donors (Lipinski definition) is 1. The number of halogens is 3. The van der Waals surface area contributed by atoms with Crippen LogP contribution in [0.1, 0.15) is 16.7 Å². The highest BCUT2D eigenvalue weighted by Crippen LogP contribution is 2.32. The topological polar surface area (TPSA) is 77.1 Å². The zero-order valence-corrected chi connectivity index (χ0v) is 15.6. The first-order valence-electron chi connectivity index (χ1n) is 9.07. The molecule has 2 heterocycles. The normalized spacial score (nSPS) is 17.8. The number of alkyl halides is 3. The molecule has 2 aliphatic rings. The van der Waals surface area contributed by atoms with Crippen molar-refractivity contribution >= 4 is 12.0 Å². The smallest absolute Gasteiger partial charge is 0.416 e. The van der Waals surface area contributed by atoms with E-state index in [-0.39, 0.29) is 26.5 Å². The van der Waals surface area contributed by atoms with E-state index in [9.17, 15) is 22.8 Å². The van der Waals surface area contributed by atoms with E-state index in [1.165, 1.54) is 17.0 Å². The van der Waals surface area contributed by atoms with E-state index in [1.54, 1.807) is 18.2 Å². The fourth-order valence-electron chi connectivity index (χ4n) is 3.20. The lowest BCUT2D eigenvalue weighted by atomic mass is 10.1. The van der Waals surface area contributed by atoms with Gasteiger partial charge in [-0.2, -0.15) is 13.2 Å². The summed E-state index contributed by atoms with van der Waals surface area (Å²) in [5.41, 5.74) is 0.454. The zero-order chi connectivity index (χ0) is 21.3. The van der Waals surface area contributed by atoms with Crippen LogP contribution < -0.4 is 14.8 Å². The molecule has 30 heavy (non-hydrogen) atoms. The third kappa shape index (κ3) is 4.12. The minimum absolute atomic E-state index is 0.0426. The maximum atomic E-state index is 12.7. The van der Waals surface area contributed by atoms with Gasteiger partial charge in [-0.15, -0.1) is 0 Å². The van der Waals surface area contributed by atoms with Crippen LogP contribution >= 0.6 is 0 Å². The second-order valence-corrected chi connectivity index (χ2v) is 6.82. The molecule has 7 nitrogen and oxygen atoms in total. The molecule has 2 aromatic rings. The molecular weight excluding hydrogens is 405 g/mol. The number of carbonyl (C=O) groups excluding carboxylic acids is 2. The summed E-state index contributed by atoms with van der Waals surface area (Å²) in [6.45, 7) is 0.172. The van der Waals surface area contributed by atoms with Crippen LogP contribution in [-0.2, 0) is 28.8 Å². The van der Waals surface area contributed by atoms with Crippen molar-refractivity contribution in [2.45, 2.75) is 25.3 Å². The van der Waals surface area contributed by atoms with E-state index in [1.807, 2.05) is 0 Å². The van der Waals surface area contributed by atoms with E-state index in [2.05, 4.69) is 5.32 Å². The fraction of sp³-hybridized carbons (Fsp3) is 0.300. The Morgan fingerprint density at radius 3 is 2.47 bits per heavy atom. The highest BCUT2D eigenvalue weighted by atomic mass is 19.4. The molecule has 1 atom stereocenters. The summed E-state index contributed by atoms with van der Waals surface area (Å²) < 4.78 is 53.6. The number of benzene rings is 2. The summed E-state index contributed by atoms with van der Waals surface area (Å²) in [5.74, 6) is 0.790. The van der Waals surface area contributed by atoms with Gasteiger partial charge in [0.25, 0.3) is 0 Å². The number of nitrogens with one attached hydrogen (secondary N) is 1. The minimum Gasteiger partial charge on any atom is -0.454 e. The molecule has 1 fully saturated rings. The van der Waals surface area contributed by atoms with Crippen LogP contribution in [0.5, 0.6) is 11.5 Å². The summed E-state index contributed by atoms with van der Waals surface area (Å²) in [6, 6.07) is 8.81. The molecule has 2 amide bonds. The molecule has 0 aromatic heterocycles. The third-order valence-electron chi connectivity index (χ3n) is 4.82. The van der Waals surface area contributed by atoms with Crippen molar-refractivity contribution in [1.82, 2.24) is 10.2 Å². The Labute approximate surface area is 169 Å². The number of cyclic esters (lactones) is 1. The monoisotopic (exact) mass is 422 g/mol. The summed E-state index contributed by atoms with van der Waals surface area (Å²) in [5, 5.41) is 2.74. The lowest BCUT2D eigenvalue weighted by molar-refractivity contribution is -0.137. The second-order valence-electron chi connectivity index (χ2n) is 6.82. The van der Waals surface area contributed by atoms with Crippen molar-refractivity contribution in [1.29, 1.82) is 0 Å². The quantitative estimate of drug-likeness (QED) is 0.802. The molecule has 2 aliphatic heterocycles. The molecule has 0 saturated carbocycles. The zero-order valence-electron chi connectivity index (χ0n) is 15.6. The molecule has 10 heteroatoms. The van der Waals surface area contributed by atoms with Crippen LogP contribution in [0.3, 0.4) is 0 Å².